The van der Waals surface area contributed by atoms with E-state index in [1.807, 2.05) is 6.07 Å². The number of rotatable bonds is 4. The predicted molar refractivity (Wildman–Crippen MR) is 108 cm³/mol. The predicted octanol–water partition coefficient (Wildman–Crippen LogP) is 2.83. The number of carbonyl (C=O) groups is 2. The zero-order valence-electron chi connectivity index (χ0n) is 15.9. The summed E-state index contributed by atoms with van der Waals surface area (Å²) in [7, 11) is -3.72. The lowest BCUT2D eigenvalue weighted by Crippen LogP contribution is -2.40. The second-order valence-corrected chi connectivity index (χ2v) is 9.45. The van der Waals surface area contributed by atoms with E-state index >= 15 is 0 Å². The fraction of sp³-hybridized carbons (Fsp3) is 0.300. The number of para-hydroxylation sites is 1. The summed E-state index contributed by atoms with van der Waals surface area (Å²) in [4.78, 5) is 24.8. The second kappa shape index (κ2) is 7.37. The zero-order chi connectivity index (χ0) is 20.5. The summed E-state index contributed by atoms with van der Waals surface area (Å²) < 4.78 is 27.6. The summed E-state index contributed by atoms with van der Waals surface area (Å²) in [6, 6.07) is 13.2. The molecule has 0 saturated carbocycles. The summed E-state index contributed by atoms with van der Waals surface area (Å²) >= 11 is 0. The topological polar surface area (TPSA) is 104 Å². The van der Waals surface area contributed by atoms with Crippen molar-refractivity contribution in [3.05, 3.63) is 54.1 Å². The molecule has 1 aliphatic heterocycles. The van der Waals surface area contributed by atoms with Crippen molar-refractivity contribution in [3.8, 4) is 0 Å². The number of sulfonamides is 1. The maximum absolute atomic E-state index is 12.8. The third-order valence-electron chi connectivity index (χ3n) is 4.17. The second-order valence-electron chi connectivity index (χ2n) is 7.76. The first-order chi connectivity index (χ1) is 13.0. The Kier molecular flexibility index (Phi) is 5.27. The van der Waals surface area contributed by atoms with E-state index in [9.17, 15) is 18.0 Å². The van der Waals surface area contributed by atoms with Crippen LogP contribution in [0.25, 0.3) is 0 Å². The Morgan fingerprint density at radius 3 is 2.54 bits per heavy atom. The van der Waals surface area contributed by atoms with E-state index in [0.29, 0.717) is 11.4 Å². The molecule has 28 heavy (non-hydrogen) atoms. The molecule has 0 radical (unpaired) electrons. The average molecular weight is 401 g/mol. The molecular formula is C20H23N3O4S. The van der Waals surface area contributed by atoms with Crippen LogP contribution in [0.5, 0.6) is 0 Å². The smallest absolute Gasteiger partial charge is 0.241 e. The maximum atomic E-state index is 12.8. The standard InChI is InChI=1S/C20H23N3O4S/c1-20(2,3)23-28(26,27)14-8-6-7-13(11-14)21-19(25)16-12-18(24)22-17-10-5-4-9-15(16)17/h4-11,16,23H,12H2,1-3H3,(H,21,25)(H,22,24). The van der Waals surface area contributed by atoms with Gasteiger partial charge in [0.1, 0.15) is 0 Å². The van der Waals surface area contributed by atoms with Crippen molar-refractivity contribution in [1.82, 2.24) is 4.72 Å². The highest BCUT2D eigenvalue weighted by Crippen LogP contribution is 2.33. The van der Waals surface area contributed by atoms with Crippen molar-refractivity contribution in [2.45, 2.75) is 43.5 Å². The summed E-state index contributed by atoms with van der Waals surface area (Å²) in [6.45, 7) is 5.26. The molecule has 8 heteroatoms. The molecule has 148 valence electrons. The van der Waals surface area contributed by atoms with Gasteiger partial charge >= 0.3 is 0 Å². The Morgan fingerprint density at radius 2 is 1.82 bits per heavy atom. The molecule has 1 atom stereocenters. The van der Waals surface area contributed by atoms with Gasteiger partial charge in [0.15, 0.2) is 0 Å². The van der Waals surface area contributed by atoms with Gasteiger partial charge in [0.05, 0.1) is 10.8 Å². The molecule has 3 rings (SSSR count). The van der Waals surface area contributed by atoms with Gasteiger partial charge in [0.2, 0.25) is 21.8 Å². The number of nitrogens with one attached hydrogen (secondary N) is 3. The summed E-state index contributed by atoms with van der Waals surface area (Å²) in [5.74, 6) is -1.23. The van der Waals surface area contributed by atoms with Crippen LogP contribution in [0, 0.1) is 0 Å². The van der Waals surface area contributed by atoms with Crippen LogP contribution in [-0.4, -0.2) is 25.8 Å². The molecule has 0 bridgehead atoms. The van der Waals surface area contributed by atoms with Crippen molar-refractivity contribution in [2.24, 2.45) is 0 Å². The van der Waals surface area contributed by atoms with Crippen LogP contribution in [0.2, 0.25) is 0 Å². The number of hydrogen-bond donors (Lipinski definition) is 3. The molecule has 2 aromatic carbocycles. The van der Waals surface area contributed by atoms with Crippen LogP contribution >= 0.6 is 0 Å². The molecule has 2 aromatic rings. The lowest BCUT2D eigenvalue weighted by molar-refractivity contribution is -0.123. The summed E-state index contributed by atoms with van der Waals surface area (Å²) in [6.07, 6.45) is 0.0341. The largest absolute Gasteiger partial charge is 0.326 e. The summed E-state index contributed by atoms with van der Waals surface area (Å²) in [5.41, 5.74) is 1.07. The Hall–Kier alpha value is -2.71. The van der Waals surface area contributed by atoms with E-state index in [4.69, 9.17) is 0 Å². The molecule has 0 aromatic heterocycles. The monoisotopic (exact) mass is 401 g/mol. The first-order valence-corrected chi connectivity index (χ1v) is 10.4. The van der Waals surface area contributed by atoms with Gasteiger partial charge in [-0.25, -0.2) is 13.1 Å². The van der Waals surface area contributed by atoms with Gasteiger partial charge in [-0.05, 0) is 50.6 Å². The van der Waals surface area contributed by atoms with Gasteiger partial charge in [-0.15, -0.1) is 0 Å². The molecule has 2 amide bonds. The van der Waals surface area contributed by atoms with Crippen molar-refractivity contribution < 1.29 is 18.0 Å². The van der Waals surface area contributed by atoms with Crippen molar-refractivity contribution >= 4 is 33.2 Å². The molecule has 0 saturated heterocycles. The first kappa shape index (κ1) is 20.0. The molecule has 1 unspecified atom stereocenters. The van der Waals surface area contributed by atoms with Gasteiger partial charge in [0, 0.05) is 23.3 Å². The van der Waals surface area contributed by atoms with Crippen LogP contribution in [0.4, 0.5) is 11.4 Å². The van der Waals surface area contributed by atoms with E-state index in [1.54, 1.807) is 51.1 Å². The van der Waals surface area contributed by atoms with E-state index in [-0.39, 0.29) is 23.1 Å². The van der Waals surface area contributed by atoms with Crippen molar-refractivity contribution in [3.63, 3.8) is 0 Å². The molecule has 7 nitrogen and oxygen atoms in total. The van der Waals surface area contributed by atoms with Gasteiger partial charge in [-0.1, -0.05) is 24.3 Å². The van der Waals surface area contributed by atoms with Gasteiger partial charge < -0.3 is 10.6 Å². The normalized spacial score (nSPS) is 16.8. The maximum Gasteiger partial charge on any atom is 0.241 e. The minimum atomic E-state index is -3.72. The van der Waals surface area contributed by atoms with Crippen LogP contribution in [-0.2, 0) is 19.6 Å². The number of amides is 2. The summed E-state index contributed by atoms with van der Waals surface area (Å²) in [5, 5.41) is 5.49. The van der Waals surface area contributed by atoms with Crippen LogP contribution in [0.1, 0.15) is 38.7 Å². The van der Waals surface area contributed by atoms with E-state index in [0.717, 1.165) is 5.56 Å². The zero-order valence-corrected chi connectivity index (χ0v) is 16.8. The average Bonchev–Trinajstić information content (AvgIpc) is 2.59. The molecule has 1 heterocycles. The molecule has 0 fully saturated rings. The number of hydrogen-bond acceptors (Lipinski definition) is 4. The van der Waals surface area contributed by atoms with Crippen molar-refractivity contribution in [1.29, 1.82) is 0 Å². The van der Waals surface area contributed by atoms with Gasteiger partial charge in [-0.2, -0.15) is 0 Å². The number of carbonyl (C=O) groups excluding carboxylic acids is 2. The van der Waals surface area contributed by atoms with Crippen LogP contribution < -0.4 is 15.4 Å². The minimum Gasteiger partial charge on any atom is -0.326 e. The number of fused-ring (bicyclic) bond motifs is 1. The Morgan fingerprint density at radius 1 is 1.11 bits per heavy atom. The molecule has 3 N–H and O–H groups in total. The highest BCUT2D eigenvalue weighted by atomic mass is 32.2. The third kappa shape index (κ3) is 4.58. The third-order valence-corrected chi connectivity index (χ3v) is 5.92. The molecule has 1 aliphatic rings. The van der Waals surface area contributed by atoms with E-state index in [2.05, 4.69) is 15.4 Å². The fourth-order valence-electron chi connectivity index (χ4n) is 3.08. The number of anilines is 2. The fourth-order valence-corrected chi connectivity index (χ4v) is 4.54. The lowest BCUT2D eigenvalue weighted by Gasteiger charge is -2.25. The number of benzene rings is 2. The van der Waals surface area contributed by atoms with Gasteiger partial charge in [-0.3, -0.25) is 9.59 Å². The van der Waals surface area contributed by atoms with E-state index in [1.165, 1.54) is 12.1 Å². The molecular weight excluding hydrogens is 378 g/mol. The Labute approximate surface area is 164 Å². The lowest BCUT2D eigenvalue weighted by atomic mass is 9.90. The first-order valence-electron chi connectivity index (χ1n) is 8.89. The van der Waals surface area contributed by atoms with Gasteiger partial charge in [0.25, 0.3) is 0 Å². The quantitative estimate of drug-likeness (QED) is 0.733. The molecule has 0 aliphatic carbocycles. The van der Waals surface area contributed by atoms with Crippen LogP contribution in [0.3, 0.4) is 0 Å². The minimum absolute atomic E-state index is 0.0341. The van der Waals surface area contributed by atoms with Crippen LogP contribution in [0.15, 0.2) is 53.4 Å². The highest BCUT2D eigenvalue weighted by molar-refractivity contribution is 7.89. The SMILES string of the molecule is CC(C)(C)NS(=O)(=O)c1cccc(NC(=O)C2CC(=O)Nc3ccccc32)c1. The Bertz CT molecular complexity index is 1030. The van der Waals surface area contributed by atoms with E-state index < -0.39 is 21.5 Å². The Balaban J connectivity index is 1.83. The molecule has 0 spiro atoms. The van der Waals surface area contributed by atoms with Crippen molar-refractivity contribution in [2.75, 3.05) is 10.6 Å². The highest BCUT2D eigenvalue weighted by Gasteiger charge is 2.30.